The van der Waals surface area contributed by atoms with Crippen molar-refractivity contribution in [2.45, 2.75) is 61.4 Å². The molecule has 0 unspecified atom stereocenters. The first-order valence-corrected chi connectivity index (χ1v) is 12.5. The standard InChI is InChI=1S/C24H28FN7OS/c1-23-7-8-24(2,31-23)21(25)17(11-23)32(3)19-13-26-22(30-28-19)16-6-5-14(9-18(16)33)15-10-20(34-4)29-27-12-15/h5-6,9-10,12-13,17,21,31,33H,7-8,11H2,1-4H3/t17-,21-,23-,24+/m0/s1. The first kappa shape index (κ1) is 22.9. The Kier molecular flexibility index (Phi) is 5.68. The van der Waals surface area contributed by atoms with Crippen molar-refractivity contribution in [2.24, 2.45) is 0 Å². The Labute approximate surface area is 202 Å². The van der Waals surface area contributed by atoms with Gasteiger partial charge in [-0.15, -0.1) is 27.1 Å². The number of benzene rings is 1. The van der Waals surface area contributed by atoms with Crippen molar-refractivity contribution in [3.63, 3.8) is 0 Å². The molecule has 2 aliphatic heterocycles. The second-order valence-electron chi connectivity index (χ2n) is 9.75. The van der Waals surface area contributed by atoms with E-state index in [1.54, 1.807) is 24.5 Å². The van der Waals surface area contributed by atoms with Crippen LogP contribution in [-0.2, 0) is 0 Å². The molecule has 2 saturated heterocycles. The normalized spacial score (nSPS) is 28.1. The molecule has 178 valence electrons. The second-order valence-corrected chi connectivity index (χ2v) is 10.6. The molecule has 5 rings (SSSR count). The van der Waals surface area contributed by atoms with E-state index in [1.807, 2.05) is 37.3 Å². The van der Waals surface area contributed by atoms with Crippen LogP contribution in [0.5, 0.6) is 5.75 Å². The summed E-state index contributed by atoms with van der Waals surface area (Å²) in [4.78, 5) is 6.28. The monoisotopic (exact) mass is 481 g/mol. The smallest absolute Gasteiger partial charge is 0.185 e. The van der Waals surface area contributed by atoms with Crippen LogP contribution in [0.4, 0.5) is 10.2 Å². The van der Waals surface area contributed by atoms with E-state index < -0.39 is 11.7 Å². The molecule has 8 nitrogen and oxygen atoms in total. The zero-order valence-electron chi connectivity index (χ0n) is 19.7. The summed E-state index contributed by atoms with van der Waals surface area (Å²) in [6.45, 7) is 4.13. The number of anilines is 1. The van der Waals surface area contributed by atoms with Crippen molar-refractivity contribution >= 4 is 17.6 Å². The number of phenolic OH excluding ortho intramolecular Hbond substituents is 1. The third kappa shape index (κ3) is 3.98. The minimum Gasteiger partial charge on any atom is -0.507 e. The van der Waals surface area contributed by atoms with Gasteiger partial charge in [-0.2, -0.15) is 5.10 Å². The molecule has 2 aliphatic rings. The van der Waals surface area contributed by atoms with Crippen molar-refractivity contribution in [3.8, 4) is 28.3 Å². The van der Waals surface area contributed by atoms with Crippen LogP contribution in [0.2, 0.25) is 0 Å². The van der Waals surface area contributed by atoms with E-state index in [9.17, 15) is 5.11 Å². The molecule has 10 heteroatoms. The third-order valence-corrected chi connectivity index (χ3v) is 7.83. The van der Waals surface area contributed by atoms with Gasteiger partial charge in [0.25, 0.3) is 0 Å². The zero-order chi connectivity index (χ0) is 24.1. The highest BCUT2D eigenvalue weighted by Crippen LogP contribution is 2.45. The lowest BCUT2D eigenvalue weighted by Gasteiger charge is -2.47. The summed E-state index contributed by atoms with van der Waals surface area (Å²) >= 11 is 1.50. The maximum atomic E-state index is 15.4. The molecular formula is C24H28FN7OS. The number of aromatic nitrogens is 5. The molecule has 0 amide bonds. The lowest BCUT2D eigenvalue weighted by molar-refractivity contribution is 0.0859. The predicted octanol–water partition coefficient (Wildman–Crippen LogP) is 3.87. The Morgan fingerprint density at radius 2 is 1.94 bits per heavy atom. The summed E-state index contributed by atoms with van der Waals surface area (Å²) < 4.78 is 15.4. The quantitative estimate of drug-likeness (QED) is 0.526. The van der Waals surface area contributed by atoms with Gasteiger partial charge < -0.3 is 15.3 Å². The fraction of sp³-hybridized carbons (Fsp3) is 0.458. The summed E-state index contributed by atoms with van der Waals surface area (Å²) in [5, 5.41) is 31.6. The number of phenols is 1. The number of aromatic hydroxyl groups is 1. The fourth-order valence-electron chi connectivity index (χ4n) is 5.26. The Bertz CT molecular complexity index is 1210. The van der Waals surface area contributed by atoms with Crippen molar-refractivity contribution in [1.29, 1.82) is 0 Å². The van der Waals surface area contributed by atoms with Gasteiger partial charge in [0.1, 0.15) is 16.9 Å². The van der Waals surface area contributed by atoms with Gasteiger partial charge in [0.15, 0.2) is 11.6 Å². The van der Waals surface area contributed by atoms with Crippen LogP contribution < -0.4 is 10.2 Å². The fourth-order valence-corrected chi connectivity index (χ4v) is 5.64. The Morgan fingerprint density at radius 1 is 1.12 bits per heavy atom. The summed E-state index contributed by atoms with van der Waals surface area (Å²) in [5.41, 5.74) is 1.54. The first-order valence-electron chi connectivity index (χ1n) is 11.3. The number of nitrogens with one attached hydrogen (secondary N) is 1. The maximum Gasteiger partial charge on any atom is 0.185 e. The van der Waals surface area contributed by atoms with Crippen LogP contribution in [0.1, 0.15) is 33.1 Å². The first-order chi connectivity index (χ1) is 16.2. The van der Waals surface area contributed by atoms with E-state index in [1.165, 1.54) is 11.8 Å². The van der Waals surface area contributed by atoms with E-state index >= 15 is 4.39 Å². The van der Waals surface area contributed by atoms with Gasteiger partial charge in [0, 0.05) is 23.7 Å². The number of nitrogens with zero attached hydrogens (tertiary/aromatic N) is 6. The highest BCUT2D eigenvalue weighted by atomic mass is 32.2. The lowest BCUT2D eigenvalue weighted by atomic mass is 9.82. The van der Waals surface area contributed by atoms with Crippen LogP contribution >= 0.6 is 11.8 Å². The third-order valence-electron chi connectivity index (χ3n) is 7.21. The van der Waals surface area contributed by atoms with Crippen molar-refractivity contribution in [2.75, 3.05) is 18.2 Å². The number of rotatable bonds is 5. The SMILES string of the molecule is CSc1cc(-c2ccc(-c3ncc(N(C)[C@H]4C[C@]5(C)CC[C@@](C)(N5)[C@H]4F)nn3)c(O)c2)cnn1. The van der Waals surface area contributed by atoms with Gasteiger partial charge in [-0.3, -0.25) is 0 Å². The van der Waals surface area contributed by atoms with Crippen LogP contribution in [0.25, 0.3) is 22.5 Å². The summed E-state index contributed by atoms with van der Waals surface area (Å²) in [6.07, 6.45) is 6.62. The Hall–Kier alpha value is -2.85. The maximum absolute atomic E-state index is 15.4. The minimum absolute atomic E-state index is 0.0440. The zero-order valence-corrected chi connectivity index (χ0v) is 20.5. The molecule has 34 heavy (non-hydrogen) atoms. The van der Waals surface area contributed by atoms with Crippen LogP contribution in [0, 0.1) is 0 Å². The second kappa shape index (κ2) is 8.42. The average Bonchev–Trinajstić information content (AvgIpc) is 3.12. The number of hydrogen-bond donors (Lipinski definition) is 2. The Balaban J connectivity index is 1.37. The van der Waals surface area contributed by atoms with Crippen molar-refractivity contribution in [1.82, 2.24) is 30.7 Å². The van der Waals surface area contributed by atoms with E-state index in [2.05, 4.69) is 37.6 Å². The molecule has 2 aromatic heterocycles. The van der Waals surface area contributed by atoms with Crippen LogP contribution in [0.3, 0.4) is 0 Å². The number of halogens is 1. The van der Waals surface area contributed by atoms with Gasteiger partial charge in [-0.05, 0) is 63.1 Å². The molecule has 2 bridgehead atoms. The Morgan fingerprint density at radius 3 is 2.65 bits per heavy atom. The molecule has 1 aromatic carbocycles. The van der Waals surface area contributed by atoms with Crippen molar-refractivity contribution in [3.05, 3.63) is 36.7 Å². The van der Waals surface area contributed by atoms with Gasteiger partial charge in [-0.25, -0.2) is 9.37 Å². The highest BCUT2D eigenvalue weighted by Gasteiger charge is 2.56. The summed E-state index contributed by atoms with van der Waals surface area (Å²) in [7, 11) is 1.85. The highest BCUT2D eigenvalue weighted by molar-refractivity contribution is 7.98. The topological polar surface area (TPSA) is 100.0 Å². The lowest BCUT2D eigenvalue weighted by Crippen LogP contribution is -2.65. The number of hydrogen-bond acceptors (Lipinski definition) is 9. The van der Waals surface area contributed by atoms with E-state index in [4.69, 9.17) is 0 Å². The molecule has 0 saturated carbocycles. The number of fused-ring (bicyclic) bond motifs is 2. The largest absolute Gasteiger partial charge is 0.507 e. The molecular weight excluding hydrogens is 453 g/mol. The molecule has 0 spiro atoms. The van der Waals surface area contributed by atoms with Gasteiger partial charge in [0.2, 0.25) is 0 Å². The minimum atomic E-state index is -1.03. The molecule has 0 aliphatic carbocycles. The summed E-state index contributed by atoms with van der Waals surface area (Å²) in [6, 6.07) is 6.89. The number of alkyl halides is 1. The van der Waals surface area contributed by atoms with Crippen LogP contribution in [-0.4, -0.2) is 67.1 Å². The summed E-state index contributed by atoms with van der Waals surface area (Å²) in [5.74, 6) is 0.857. The van der Waals surface area contributed by atoms with Gasteiger partial charge >= 0.3 is 0 Å². The molecule has 2 N–H and O–H groups in total. The number of thioether (sulfide) groups is 1. The molecule has 4 atom stereocenters. The number of piperidine rings is 1. The van der Waals surface area contributed by atoms with Gasteiger partial charge in [-0.1, -0.05) is 6.07 Å². The van der Waals surface area contributed by atoms with E-state index in [0.29, 0.717) is 23.6 Å². The van der Waals surface area contributed by atoms with E-state index in [0.717, 1.165) is 29.0 Å². The molecule has 2 fully saturated rings. The predicted molar refractivity (Wildman–Crippen MR) is 131 cm³/mol. The molecule has 0 radical (unpaired) electrons. The van der Waals surface area contributed by atoms with Gasteiger partial charge in [0.05, 0.1) is 24.0 Å². The molecule has 3 aromatic rings. The average molecular weight is 482 g/mol. The van der Waals surface area contributed by atoms with Crippen molar-refractivity contribution < 1.29 is 9.50 Å². The van der Waals surface area contributed by atoms with Crippen LogP contribution in [0.15, 0.2) is 41.7 Å². The molecule has 4 heterocycles. The van der Waals surface area contributed by atoms with E-state index in [-0.39, 0.29) is 17.3 Å².